The average Bonchev–Trinajstić information content (AvgIpc) is 3.35. The lowest BCUT2D eigenvalue weighted by Gasteiger charge is -2.39. The molecule has 7 heteroatoms. The third-order valence-electron chi connectivity index (χ3n) is 6.62. The van der Waals surface area contributed by atoms with Crippen LogP contribution in [0.4, 0.5) is 0 Å². The fourth-order valence-electron chi connectivity index (χ4n) is 4.82. The lowest BCUT2D eigenvalue weighted by atomic mass is 9.77. The Morgan fingerprint density at radius 3 is 2.67 bits per heavy atom. The van der Waals surface area contributed by atoms with Crippen molar-refractivity contribution in [1.29, 1.82) is 0 Å². The van der Waals surface area contributed by atoms with Crippen LogP contribution >= 0.6 is 0 Å². The lowest BCUT2D eigenvalue weighted by molar-refractivity contribution is -0.128. The van der Waals surface area contributed by atoms with Crippen LogP contribution in [0.1, 0.15) is 40.9 Å². The van der Waals surface area contributed by atoms with E-state index in [1.807, 2.05) is 41.0 Å². The van der Waals surface area contributed by atoms with Crippen LogP contribution in [0.5, 0.6) is 0 Å². The Kier molecular flexibility index (Phi) is 4.53. The first kappa shape index (κ1) is 18.8. The molecule has 154 valence electrons. The smallest absolute Gasteiger partial charge is 0.257 e. The molecule has 0 bridgehead atoms. The number of hydrogen-bond acceptors (Lipinski definition) is 4. The molecule has 0 saturated carbocycles. The molecule has 0 atom stereocenters. The van der Waals surface area contributed by atoms with Crippen LogP contribution in [0.15, 0.2) is 48.8 Å². The summed E-state index contributed by atoms with van der Waals surface area (Å²) < 4.78 is 1.70. The maximum absolute atomic E-state index is 13.1. The zero-order valence-corrected chi connectivity index (χ0v) is 17.1. The molecular formula is C23H25N5O2. The second-order valence-electron chi connectivity index (χ2n) is 8.56. The Morgan fingerprint density at radius 2 is 1.90 bits per heavy atom. The summed E-state index contributed by atoms with van der Waals surface area (Å²) in [6.07, 6.45) is 5.63. The molecular weight excluding hydrogens is 378 g/mol. The highest BCUT2D eigenvalue weighted by Crippen LogP contribution is 2.41. The van der Waals surface area contributed by atoms with Gasteiger partial charge in [-0.1, -0.05) is 30.3 Å². The van der Waals surface area contributed by atoms with Gasteiger partial charge in [-0.3, -0.25) is 9.59 Å². The van der Waals surface area contributed by atoms with E-state index in [0.717, 1.165) is 36.3 Å². The van der Waals surface area contributed by atoms with Crippen molar-refractivity contribution in [2.24, 2.45) is 5.41 Å². The molecule has 2 saturated heterocycles. The van der Waals surface area contributed by atoms with Gasteiger partial charge < -0.3 is 9.80 Å². The summed E-state index contributed by atoms with van der Waals surface area (Å²) in [4.78, 5) is 34.0. The van der Waals surface area contributed by atoms with Gasteiger partial charge in [-0.25, -0.2) is 9.50 Å². The summed E-state index contributed by atoms with van der Waals surface area (Å²) in [5.74, 6) is 0.223. The normalized spacial score (nSPS) is 18.5. The lowest BCUT2D eigenvalue weighted by Crippen LogP contribution is -2.44. The maximum atomic E-state index is 13.1. The Labute approximate surface area is 175 Å². The van der Waals surface area contributed by atoms with Crippen LogP contribution in [0.2, 0.25) is 0 Å². The van der Waals surface area contributed by atoms with Crippen LogP contribution in [-0.4, -0.2) is 55.8 Å². The molecule has 0 radical (unpaired) electrons. The van der Waals surface area contributed by atoms with Crippen molar-refractivity contribution in [3.8, 4) is 0 Å². The number of aryl methyl sites for hydroxylation is 1. The monoisotopic (exact) mass is 403 g/mol. The number of aromatic nitrogens is 3. The molecule has 30 heavy (non-hydrogen) atoms. The minimum atomic E-state index is -0.0120. The number of hydrogen-bond donors (Lipinski definition) is 0. The molecule has 0 N–H and O–H groups in total. The van der Waals surface area contributed by atoms with Gasteiger partial charge in [-0.2, -0.15) is 5.10 Å². The minimum absolute atomic E-state index is 0.00212. The fraction of sp³-hybridized carbons (Fsp3) is 0.391. The van der Waals surface area contributed by atoms with E-state index in [2.05, 4.69) is 22.2 Å². The number of benzene rings is 1. The average molecular weight is 403 g/mol. The van der Waals surface area contributed by atoms with Gasteiger partial charge in [0.25, 0.3) is 5.91 Å². The molecule has 3 aromatic rings. The Hall–Kier alpha value is -3.22. The summed E-state index contributed by atoms with van der Waals surface area (Å²) in [7, 11) is 0. The van der Waals surface area contributed by atoms with Crippen molar-refractivity contribution in [2.75, 3.05) is 19.6 Å². The Balaban J connectivity index is 1.26. The number of nitrogens with zero attached hydrogens (tertiary/aromatic N) is 5. The fourth-order valence-corrected chi connectivity index (χ4v) is 4.82. The third-order valence-corrected chi connectivity index (χ3v) is 6.62. The van der Waals surface area contributed by atoms with Gasteiger partial charge in [-0.05, 0) is 25.3 Å². The van der Waals surface area contributed by atoms with Crippen molar-refractivity contribution in [2.45, 2.75) is 32.7 Å². The zero-order valence-electron chi connectivity index (χ0n) is 17.1. The molecule has 1 spiro atoms. The van der Waals surface area contributed by atoms with Gasteiger partial charge >= 0.3 is 0 Å². The maximum Gasteiger partial charge on any atom is 0.257 e. The SMILES string of the molecule is Cc1c(C(=O)N2CCC3(CC2)CC(=O)N(Cc2ccccc2)C3)cnc2ccnn12. The predicted octanol–water partition coefficient (Wildman–Crippen LogP) is 2.69. The molecule has 0 aliphatic carbocycles. The highest BCUT2D eigenvalue weighted by atomic mass is 16.2. The summed E-state index contributed by atoms with van der Waals surface area (Å²) in [6, 6.07) is 12.0. The van der Waals surface area contributed by atoms with E-state index in [1.165, 1.54) is 0 Å². The first-order valence-corrected chi connectivity index (χ1v) is 10.5. The van der Waals surface area contributed by atoms with Gasteiger partial charge in [-0.15, -0.1) is 0 Å². The van der Waals surface area contributed by atoms with Gasteiger partial charge in [0.15, 0.2) is 5.65 Å². The van der Waals surface area contributed by atoms with Crippen molar-refractivity contribution in [1.82, 2.24) is 24.4 Å². The molecule has 5 rings (SSSR count). The minimum Gasteiger partial charge on any atom is -0.338 e. The van der Waals surface area contributed by atoms with E-state index in [1.54, 1.807) is 16.9 Å². The number of fused-ring (bicyclic) bond motifs is 1. The van der Waals surface area contributed by atoms with Crippen LogP contribution < -0.4 is 0 Å². The molecule has 2 aliphatic rings. The van der Waals surface area contributed by atoms with E-state index in [0.29, 0.717) is 31.6 Å². The molecule has 2 amide bonds. The molecule has 2 fully saturated rings. The van der Waals surface area contributed by atoms with Gasteiger partial charge in [0, 0.05) is 50.3 Å². The first-order chi connectivity index (χ1) is 14.5. The van der Waals surface area contributed by atoms with Crippen molar-refractivity contribution in [3.63, 3.8) is 0 Å². The van der Waals surface area contributed by atoms with Crippen molar-refractivity contribution in [3.05, 3.63) is 65.6 Å². The number of amides is 2. The van der Waals surface area contributed by atoms with Gasteiger partial charge in [0.1, 0.15) is 0 Å². The van der Waals surface area contributed by atoms with E-state index in [-0.39, 0.29) is 17.2 Å². The Morgan fingerprint density at radius 1 is 1.13 bits per heavy atom. The zero-order chi connectivity index (χ0) is 20.7. The largest absolute Gasteiger partial charge is 0.338 e. The third kappa shape index (κ3) is 3.24. The highest BCUT2D eigenvalue weighted by molar-refractivity contribution is 5.95. The highest BCUT2D eigenvalue weighted by Gasteiger charge is 2.45. The molecule has 1 aromatic carbocycles. The van der Waals surface area contributed by atoms with Crippen LogP contribution in [0.25, 0.3) is 5.65 Å². The van der Waals surface area contributed by atoms with Crippen LogP contribution in [0.3, 0.4) is 0 Å². The number of likely N-dealkylation sites (tertiary alicyclic amines) is 2. The quantitative estimate of drug-likeness (QED) is 0.674. The number of rotatable bonds is 3. The van der Waals surface area contributed by atoms with Gasteiger partial charge in [0.2, 0.25) is 5.91 Å². The molecule has 7 nitrogen and oxygen atoms in total. The summed E-state index contributed by atoms with van der Waals surface area (Å²) in [5.41, 5.74) is 3.29. The van der Waals surface area contributed by atoms with E-state index < -0.39 is 0 Å². The van der Waals surface area contributed by atoms with E-state index in [4.69, 9.17) is 0 Å². The van der Waals surface area contributed by atoms with Gasteiger partial charge in [0.05, 0.1) is 17.5 Å². The first-order valence-electron chi connectivity index (χ1n) is 10.5. The van der Waals surface area contributed by atoms with E-state index in [9.17, 15) is 9.59 Å². The Bertz CT molecular complexity index is 1100. The second kappa shape index (κ2) is 7.23. The van der Waals surface area contributed by atoms with E-state index >= 15 is 0 Å². The van der Waals surface area contributed by atoms with Crippen molar-refractivity contribution >= 4 is 17.5 Å². The molecule has 0 unspecified atom stereocenters. The standard InChI is InChI=1S/C23H25N5O2/c1-17-19(14-24-20-7-10-25-28(17)20)22(30)26-11-8-23(9-12-26)13-21(29)27(16-23)15-18-5-3-2-4-6-18/h2-7,10,14H,8-9,11-13,15-16H2,1H3. The molecule has 4 heterocycles. The second-order valence-corrected chi connectivity index (χ2v) is 8.56. The molecule has 2 aromatic heterocycles. The number of carbonyl (C=O) groups is 2. The predicted molar refractivity (Wildman–Crippen MR) is 112 cm³/mol. The summed E-state index contributed by atoms with van der Waals surface area (Å²) >= 11 is 0. The number of carbonyl (C=O) groups excluding carboxylic acids is 2. The number of piperidine rings is 1. The summed E-state index contributed by atoms with van der Waals surface area (Å²) in [6.45, 7) is 4.68. The topological polar surface area (TPSA) is 70.8 Å². The molecule has 2 aliphatic heterocycles. The van der Waals surface area contributed by atoms with Crippen molar-refractivity contribution < 1.29 is 9.59 Å². The van der Waals surface area contributed by atoms with Crippen LogP contribution in [-0.2, 0) is 11.3 Å². The summed E-state index contributed by atoms with van der Waals surface area (Å²) in [5, 5.41) is 4.26. The van der Waals surface area contributed by atoms with Crippen LogP contribution in [0, 0.1) is 12.3 Å².